The van der Waals surface area contributed by atoms with Gasteiger partial charge in [-0.05, 0) is 41.1 Å². The molecule has 132 valence electrons. The molecule has 2 aromatic carbocycles. The van der Waals surface area contributed by atoms with Crippen molar-refractivity contribution in [1.82, 2.24) is 14.5 Å². The van der Waals surface area contributed by atoms with Crippen molar-refractivity contribution in [2.75, 3.05) is 6.54 Å². The third kappa shape index (κ3) is 3.26. The average Bonchev–Trinajstić information content (AvgIpc) is 3.36. The molecule has 0 amide bonds. The van der Waals surface area contributed by atoms with Crippen LogP contribution < -0.4 is 4.72 Å². The maximum absolute atomic E-state index is 12.7. The Hall–Kier alpha value is -2.90. The fraction of sp³-hybridized carbons (Fsp3) is 0.105. The van der Waals surface area contributed by atoms with E-state index in [1.807, 2.05) is 24.3 Å². The molecule has 0 aliphatic carbocycles. The molecule has 2 aromatic heterocycles. The highest BCUT2D eigenvalue weighted by Gasteiger charge is 2.21. The van der Waals surface area contributed by atoms with E-state index in [4.69, 9.17) is 4.42 Å². The highest BCUT2D eigenvalue weighted by atomic mass is 32.2. The van der Waals surface area contributed by atoms with Crippen molar-refractivity contribution in [1.29, 1.82) is 0 Å². The molecular formula is C19H17N3O3S. The van der Waals surface area contributed by atoms with Crippen LogP contribution in [0.5, 0.6) is 0 Å². The topological polar surface area (TPSA) is 77.1 Å². The van der Waals surface area contributed by atoms with Crippen LogP contribution in [0.1, 0.15) is 11.8 Å². The van der Waals surface area contributed by atoms with Crippen LogP contribution in [0, 0.1) is 0 Å². The molecule has 0 saturated heterocycles. The lowest BCUT2D eigenvalue weighted by molar-refractivity contribution is 0.402. The van der Waals surface area contributed by atoms with Gasteiger partial charge >= 0.3 is 0 Å². The summed E-state index contributed by atoms with van der Waals surface area (Å²) >= 11 is 0. The number of rotatable bonds is 6. The number of nitrogens with one attached hydrogen (secondary N) is 1. The van der Waals surface area contributed by atoms with Crippen LogP contribution in [-0.2, 0) is 10.0 Å². The lowest BCUT2D eigenvalue weighted by Crippen LogP contribution is -2.31. The molecule has 4 rings (SSSR count). The fourth-order valence-corrected chi connectivity index (χ4v) is 3.95. The first-order valence-electron chi connectivity index (χ1n) is 8.14. The maximum atomic E-state index is 12.7. The molecular weight excluding hydrogens is 350 g/mol. The molecule has 0 spiro atoms. The first-order chi connectivity index (χ1) is 12.6. The molecule has 1 atom stereocenters. The average molecular weight is 367 g/mol. The van der Waals surface area contributed by atoms with Gasteiger partial charge in [0.2, 0.25) is 10.0 Å². The summed E-state index contributed by atoms with van der Waals surface area (Å²) in [7, 11) is -3.66. The van der Waals surface area contributed by atoms with Gasteiger partial charge in [0.25, 0.3) is 0 Å². The molecule has 26 heavy (non-hydrogen) atoms. The van der Waals surface area contributed by atoms with E-state index in [1.165, 1.54) is 0 Å². The zero-order valence-corrected chi connectivity index (χ0v) is 14.6. The number of aromatic nitrogens is 2. The van der Waals surface area contributed by atoms with Crippen LogP contribution in [0.25, 0.3) is 10.8 Å². The number of hydrogen-bond acceptors (Lipinski definition) is 4. The quantitative estimate of drug-likeness (QED) is 0.568. The highest BCUT2D eigenvalue weighted by Crippen LogP contribution is 2.21. The smallest absolute Gasteiger partial charge is 0.240 e. The van der Waals surface area contributed by atoms with Crippen molar-refractivity contribution in [3.05, 3.63) is 85.1 Å². The second kappa shape index (κ2) is 6.78. The number of furan rings is 1. The van der Waals surface area contributed by atoms with Gasteiger partial charge in [0.15, 0.2) is 0 Å². The Morgan fingerprint density at radius 3 is 2.62 bits per heavy atom. The van der Waals surface area contributed by atoms with Crippen LogP contribution in [0.2, 0.25) is 0 Å². The third-order valence-corrected chi connectivity index (χ3v) is 5.63. The first-order valence-corrected chi connectivity index (χ1v) is 9.63. The van der Waals surface area contributed by atoms with E-state index in [2.05, 4.69) is 9.82 Å². The normalized spacial score (nSPS) is 13.1. The van der Waals surface area contributed by atoms with Gasteiger partial charge in [-0.1, -0.05) is 30.3 Å². The summed E-state index contributed by atoms with van der Waals surface area (Å²) in [6.07, 6.45) is 4.98. The minimum atomic E-state index is -3.66. The van der Waals surface area contributed by atoms with E-state index in [0.29, 0.717) is 5.76 Å². The molecule has 0 aliphatic rings. The van der Waals surface area contributed by atoms with Gasteiger partial charge in [-0.25, -0.2) is 13.1 Å². The number of benzene rings is 2. The number of hydrogen-bond donors (Lipinski definition) is 1. The van der Waals surface area contributed by atoms with Gasteiger partial charge in [-0.2, -0.15) is 5.10 Å². The molecule has 0 radical (unpaired) electrons. The van der Waals surface area contributed by atoms with Crippen LogP contribution in [-0.4, -0.2) is 24.7 Å². The molecule has 1 unspecified atom stereocenters. The summed E-state index contributed by atoms with van der Waals surface area (Å²) in [5.74, 6) is 0.634. The van der Waals surface area contributed by atoms with Crippen molar-refractivity contribution in [3.8, 4) is 0 Å². The molecule has 6 nitrogen and oxygen atoms in total. The van der Waals surface area contributed by atoms with Crippen LogP contribution >= 0.6 is 0 Å². The first kappa shape index (κ1) is 16.6. The molecule has 0 aliphatic heterocycles. The molecule has 7 heteroatoms. The lowest BCUT2D eigenvalue weighted by Gasteiger charge is -2.16. The predicted octanol–water partition coefficient (Wildman–Crippen LogP) is 3.20. The van der Waals surface area contributed by atoms with Gasteiger partial charge in [0, 0.05) is 18.9 Å². The summed E-state index contributed by atoms with van der Waals surface area (Å²) in [6, 6.07) is 17.7. The van der Waals surface area contributed by atoms with Gasteiger partial charge < -0.3 is 4.42 Å². The predicted molar refractivity (Wildman–Crippen MR) is 98.2 cm³/mol. The Morgan fingerprint density at radius 2 is 1.88 bits per heavy atom. The molecule has 1 N–H and O–H groups in total. The van der Waals surface area contributed by atoms with Crippen molar-refractivity contribution in [2.24, 2.45) is 0 Å². The van der Waals surface area contributed by atoms with Crippen molar-refractivity contribution < 1.29 is 12.8 Å². The van der Waals surface area contributed by atoms with Gasteiger partial charge in [0.05, 0.1) is 11.2 Å². The molecule has 0 fully saturated rings. The zero-order valence-electron chi connectivity index (χ0n) is 13.8. The maximum Gasteiger partial charge on any atom is 0.240 e. The Kier molecular flexibility index (Phi) is 4.32. The van der Waals surface area contributed by atoms with Crippen molar-refractivity contribution in [2.45, 2.75) is 10.9 Å². The second-order valence-corrected chi connectivity index (χ2v) is 7.65. The van der Waals surface area contributed by atoms with E-state index in [1.54, 1.807) is 59.7 Å². The van der Waals surface area contributed by atoms with Crippen molar-refractivity contribution >= 4 is 20.8 Å². The Morgan fingerprint density at radius 1 is 1.04 bits per heavy atom. The summed E-state index contributed by atoms with van der Waals surface area (Å²) in [5, 5.41) is 6.09. The van der Waals surface area contributed by atoms with E-state index in [9.17, 15) is 8.42 Å². The SMILES string of the molecule is O=S(=O)(NCC(c1ccco1)n1cccn1)c1ccc2ccccc2c1. The lowest BCUT2D eigenvalue weighted by atomic mass is 10.1. The molecule has 4 aromatic rings. The van der Waals surface area contributed by atoms with Gasteiger partial charge in [0.1, 0.15) is 11.8 Å². The van der Waals surface area contributed by atoms with Crippen LogP contribution in [0.15, 0.2) is 88.6 Å². The van der Waals surface area contributed by atoms with Crippen molar-refractivity contribution in [3.63, 3.8) is 0 Å². The summed E-state index contributed by atoms with van der Waals surface area (Å²) in [4.78, 5) is 0.231. The summed E-state index contributed by atoms with van der Waals surface area (Å²) in [6.45, 7) is 0.129. The second-order valence-electron chi connectivity index (χ2n) is 5.88. The Bertz CT molecular complexity index is 1070. The Labute approximate surface area is 151 Å². The van der Waals surface area contributed by atoms with Crippen LogP contribution in [0.3, 0.4) is 0 Å². The standard InChI is InChI=1S/C19H17N3O3S/c23-26(24,17-9-8-15-5-1-2-6-16(15)13-17)21-14-18(19-7-3-12-25-19)22-11-4-10-20-22/h1-13,18,21H,14H2. The molecule has 0 saturated carbocycles. The summed E-state index contributed by atoms with van der Waals surface area (Å²) in [5.41, 5.74) is 0. The Balaban J connectivity index is 1.60. The van der Waals surface area contributed by atoms with Crippen LogP contribution in [0.4, 0.5) is 0 Å². The highest BCUT2D eigenvalue weighted by molar-refractivity contribution is 7.89. The molecule has 2 heterocycles. The number of nitrogens with zero attached hydrogens (tertiary/aromatic N) is 2. The third-order valence-electron chi connectivity index (χ3n) is 4.21. The van der Waals surface area contributed by atoms with E-state index in [0.717, 1.165) is 10.8 Å². The van der Waals surface area contributed by atoms with E-state index < -0.39 is 10.0 Å². The largest absolute Gasteiger partial charge is 0.467 e. The van der Waals surface area contributed by atoms with Gasteiger partial charge in [-0.3, -0.25) is 4.68 Å². The van der Waals surface area contributed by atoms with E-state index >= 15 is 0 Å². The molecule has 0 bridgehead atoms. The fourth-order valence-electron chi connectivity index (χ4n) is 2.88. The number of sulfonamides is 1. The summed E-state index contributed by atoms with van der Waals surface area (Å²) < 4.78 is 35.3. The zero-order chi connectivity index (χ0) is 18.0. The van der Waals surface area contributed by atoms with E-state index in [-0.39, 0.29) is 17.5 Å². The number of fused-ring (bicyclic) bond motifs is 1. The minimum Gasteiger partial charge on any atom is -0.467 e. The minimum absolute atomic E-state index is 0.129. The monoisotopic (exact) mass is 367 g/mol. The van der Waals surface area contributed by atoms with Gasteiger partial charge in [-0.15, -0.1) is 0 Å².